The summed E-state index contributed by atoms with van der Waals surface area (Å²) in [5.74, 6) is 1.02. The Morgan fingerprint density at radius 2 is 2.35 bits per heavy atom. The predicted molar refractivity (Wildman–Crippen MR) is 91.3 cm³/mol. The van der Waals surface area contributed by atoms with E-state index < -0.39 is 0 Å². The molecule has 1 N–H and O–H groups in total. The van der Waals surface area contributed by atoms with Gasteiger partial charge in [0, 0.05) is 45.6 Å². The molecule has 3 heterocycles. The summed E-state index contributed by atoms with van der Waals surface area (Å²) in [5, 5.41) is 7.10. The third kappa shape index (κ3) is 3.56. The number of nitrogens with zero attached hydrogens (tertiary/aromatic N) is 4. The lowest BCUT2D eigenvalue weighted by atomic mass is 10.1. The van der Waals surface area contributed by atoms with Gasteiger partial charge in [-0.2, -0.15) is 11.3 Å². The maximum absolute atomic E-state index is 12.5. The summed E-state index contributed by atoms with van der Waals surface area (Å²) in [6.45, 7) is 6.01. The van der Waals surface area contributed by atoms with Crippen molar-refractivity contribution in [2.45, 2.75) is 19.5 Å². The normalized spacial score (nSPS) is 19.0. The van der Waals surface area contributed by atoms with E-state index >= 15 is 0 Å². The number of thiophene rings is 1. The number of carbonyl (C=O) groups excluding carboxylic acids is 1. The number of imidazole rings is 1. The van der Waals surface area contributed by atoms with Crippen LogP contribution in [0.25, 0.3) is 0 Å². The van der Waals surface area contributed by atoms with Gasteiger partial charge in [0.2, 0.25) is 0 Å². The topological polar surface area (TPSA) is 53.4 Å². The van der Waals surface area contributed by atoms with Crippen molar-refractivity contribution in [2.75, 3.05) is 26.2 Å². The molecule has 0 radical (unpaired) electrons. The molecule has 0 aliphatic carbocycles. The lowest BCUT2D eigenvalue weighted by Crippen LogP contribution is -2.53. The average Bonchev–Trinajstić information content (AvgIpc) is 3.23. The van der Waals surface area contributed by atoms with Crippen molar-refractivity contribution in [1.29, 1.82) is 0 Å². The Morgan fingerprint density at radius 1 is 1.48 bits per heavy atom. The van der Waals surface area contributed by atoms with Crippen LogP contribution in [0.1, 0.15) is 24.4 Å². The molecule has 0 spiro atoms. The molecule has 6 nitrogen and oxygen atoms in total. The van der Waals surface area contributed by atoms with E-state index in [-0.39, 0.29) is 12.1 Å². The van der Waals surface area contributed by atoms with Gasteiger partial charge >= 0.3 is 6.03 Å². The van der Waals surface area contributed by atoms with Gasteiger partial charge in [-0.15, -0.1) is 0 Å². The van der Waals surface area contributed by atoms with Crippen molar-refractivity contribution >= 4 is 17.4 Å². The zero-order valence-corrected chi connectivity index (χ0v) is 14.4. The van der Waals surface area contributed by atoms with Crippen molar-refractivity contribution in [3.63, 3.8) is 0 Å². The minimum absolute atomic E-state index is 0.00571. The van der Waals surface area contributed by atoms with E-state index in [9.17, 15) is 4.79 Å². The lowest BCUT2D eigenvalue weighted by Gasteiger charge is -2.40. The van der Waals surface area contributed by atoms with E-state index in [1.807, 2.05) is 40.4 Å². The second kappa shape index (κ2) is 7.14. The Balaban J connectivity index is 1.65. The number of piperazine rings is 1. The number of carbonyl (C=O) groups is 1. The molecule has 1 fully saturated rings. The second-order valence-corrected chi connectivity index (χ2v) is 6.56. The van der Waals surface area contributed by atoms with Gasteiger partial charge in [-0.05, 0) is 28.9 Å². The Morgan fingerprint density at radius 3 is 3.00 bits per heavy atom. The second-order valence-electron chi connectivity index (χ2n) is 5.78. The van der Waals surface area contributed by atoms with Gasteiger partial charge in [0.25, 0.3) is 0 Å². The molecule has 23 heavy (non-hydrogen) atoms. The number of hydrogen-bond acceptors (Lipinski definition) is 4. The third-order valence-corrected chi connectivity index (χ3v) is 5.10. The van der Waals surface area contributed by atoms with E-state index in [0.29, 0.717) is 13.1 Å². The molecular weight excluding hydrogens is 310 g/mol. The van der Waals surface area contributed by atoms with E-state index in [4.69, 9.17) is 0 Å². The maximum atomic E-state index is 12.5. The van der Waals surface area contributed by atoms with Crippen molar-refractivity contribution in [1.82, 2.24) is 24.7 Å². The molecule has 124 valence electrons. The summed E-state index contributed by atoms with van der Waals surface area (Å²) < 4.78 is 2.04. The summed E-state index contributed by atoms with van der Waals surface area (Å²) in [6.07, 6.45) is 3.78. The van der Waals surface area contributed by atoms with Crippen LogP contribution in [0.4, 0.5) is 4.79 Å². The number of amides is 2. The summed E-state index contributed by atoms with van der Waals surface area (Å²) in [6, 6.07) is 2.20. The number of aromatic nitrogens is 2. The van der Waals surface area contributed by atoms with Crippen molar-refractivity contribution in [2.24, 2.45) is 7.05 Å². The highest BCUT2D eigenvalue weighted by atomic mass is 32.1. The molecule has 3 rings (SSSR count). The molecule has 7 heteroatoms. The van der Waals surface area contributed by atoms with Gasteiger partial charge in [-0.1, -0.05) is 6.92 Å². The molecule has 2 aromatic rings. The Hall–Kier alpha value is -1.86. The number of rotatable bonds is 4. The van der Waals surface area contributed by atoms with Crippen LogP contribution in [-0.4, -0.2) is 51.6 Å². The number of likely N-dealkylation sites (N-methyl/N-ethyl adjacent to an activating group) is 1. The molecule has 1 aliphatic heterocycles. The molecule has 2 aromatic heterocycles. The molecule has 1 saturated heterocycles. The predicted octanol–water partition coefficient (Wildman–Crippen LogP) is 2.07. The zero-order chi connectivity index (χ0) is 16.2. The first-order chi connectivity index (χ1) is 11.2. The van der Waals surface area contributed by atoms with Crippen LogP contribution in [0, 0.1) is 0 Å². The highest BCUT2D eigenvalue weighted by Gasteiger charge is 2.31. The van der Waals surface area contributed by atoms with Crippen LogP contribution in [0.3, 0.4) is 0 Å². The molecule has 0 saturated carbocycles. The molecule has 1 atom stereocenters. The monoisotopic (exact) mass is 333 g/mol. The van der Waals surface area contributed by atoms with Crippen LogP contribution < -0.4 is 5.32 Å². The standard InChI is InChI=1S/C16H23N5OS/c1-3-20-7-8-21(11-14(20)15-17-5-6-19(15)2)16(22)18-10-13-4-9-23-12-13/h4-6,9,12,14H,3,7-8,10-11H2,1-2H3,(H,18,22)/t14-/m0/s1. The Bertz CT molecular complexity index is 639. The van der Waals surface area contributed by atoms with Gasteiger partial charge in [0.05, 0.1) is 6.04 Å². The largest absolute Gasteiger partial charge is 0.337 e. The van der Waals surface area contributed by atoms with Crippen LogP contribution in [0.2, 0.25) is 0 Å². The fraction of sp³-hybridized carbons (Fsp3) is 0.500. The number of nitrogens with one attached hydrogen (secondary N) is 1. The fourth-order valence-corrected chi connectivity index (χ4v) is 3.68. The van der Waals surface area contributed by atoms with Gasteiger partial charge < -0.3 is 14.8 Å². The number of aryl methyl sites for hydroxylation is 1. The summed E-state index contributed by atoms with van der Waals surface area (Å²) >= 11 is 1.65. The summed E-state index contributed by atoms with van der Waals surface area (Å²) in [5.41, 5.74) is 1.15. The van der Waals surface area contributed by atoms with Crippen molar-refractivity contribution in [3.8, 4) is 0 Å². The van der Waals surface area contributed by atoms with E-state index in [1.165, 1.54) is 0 Å². The first-order valence-electron chi connectivity index (χ1n) is 7.94. The summed E-state index contributed by atoms with van der Waals surface area (Å²) in [4.78, 5) is 21.2. The lowest BCUT2D eigenvalue weighted by molar-refractivity contribution is 0.0878. The molecule has 2 amide bonds. The third-order valence-electron chi connectivity index (χ3n) is 4.36. The first kappa shape index (κ1) is 16.0. The molecule has 0 bridgehead atoms. The van der Waals surface area contributed by atoms with Crippen LogP contribution in [0.5, 0.6) is 0 Å². The SMILES string of the molecule is CCN1CCN(C(=O)NCc2ccsc2)C[C@H]1c1nccn1C. The number of urea groups is 1. The number of hydrogen-bond donors (Lipinski definition) is 1. The van der Waals surface area contributed by atoms with Gasteiger partial charge in [0.1, 0.15) is 5.82 Å². The fourth-order valence-electron chi connectivity index (χ4n) is 3.01. The van der Waals surface area contributed by atoms with E-state index in [2.05, 4.69) is 27.5 Å². The highest BCUT2D eigenvalue weighted by molar-refractivity contribution is 7.07. The Kier molecular flexibility index (Phi) is 4.97. The average molecular weight is 333 g/mol. The van der Waals surface area contributed by atoms with E-state index in [0.717, 1.165) is 31.0 Å². The van der Waals surface area contributed by atoms with Crippen LogP contribution >= 0.6 is 11.3 Å². The van der Waals surface area contributed by atoms with Gasteiger partial charge in [-0.3, -0.25) is 4.90 Å². The zero-order valence-electron chi connectivity index (χ0n) is 13.6. The maximum Gasteiger partial charge on any atom is 0.317 e. The van der Waals surface area contributed by atoms with Crippen LogP contribution in [-0.2, 0) is 13.6 Å². The minimum Gasteiger partial charge on any atom is -0.337 e. The minimum atomic E-state index is 0.00571. The Labute approximate surface area is 140 Å². The van der Waals surface area contributed by atoms with Crippen LogP contribution in [0.15, 0.2) is 29.2 Å². The molecular formula is C16H23N5OS. The van der Waals surface area contributed by atoms with Gasteiger partial charge in [0.15, 0.2) is 0 Å². The van der Waals surface area contributed by atoms with Crippen molar-refractivity contribution in [3.05, 3.63) is 40.6 Å². The first-order valence-corrected chi connectivity index (χ1v) is 8.88. The van der Waals surface area contributed by atoms with Gasteiger partial charge in [-0.25, -0.2) is 9.78 Å². The molecule has 0 aromatic carbocycles. The van der Waals surface area contributed by atoms with Crippen molar-refractivity contribution < 1.29 is 4.79 Å². The smallest absolute Gasteiger partial charge is 0.317 e. The quantitative estimate of drug-likeness (QED) is 0.932. The molecule has 0 unspecified atom stereocenters. The summed E-state index contributed by atoms with van der Waals surface area (Å²) in [7, 11) is 2.01. The highest BCUT2D eigenvalue weighted by Crippen LogP contribution is 2.23. The molecule has 1 aliphatic rings. The van der Waals surface area contributed by atoms with E-state index in [1.54, 1.807) is 11.3 Å².